The highest BCUT2D eigenvalue weighted by Crippen LogP contribution is 2.29. The first-order chi connectivity index (χ1) is 11.6. The zero-order valence-electron chi connectivity index (χ0n) is 14.4. The molecule has 1 aromatic heterocycles. The summed E-state index contributed by atoms with van der Waals surface area (Å²) in [5.74, 6) is 1.33. The van der Waals surface area contributed by atoms with Gasteiger partial charge >= 0.3 is 6.18 Å². The standard InChI is InChI=1S/C18H21F3N2O2/c1-13-7-8-16(25-13)11-23(3)17(24)12-22(2)10-14-5-4-6-15(9-14)18(19,20)21/h4-9H,10-12H2,1-3H3. The number of rotatable bonds is 6. The van der Waals surface area contributed by atoms with Crippen LogP contribution in [0.25, 0.3) is 0 Å². The van der Waals surface area contributed by atoms with Crippen LogP contribution >= 0.6 is 0 Å². The van der Waals surface area contributed by atoms with E-state index < -0.39 is 11.7 Å². The maximum Gasteiger partial charge on any atom is 0.416 e. The van der Waals surface area contributed by atoms with Crippen LogP contribution in [0, 0.1) is 6.92 Å². The summed E-state index contributed by atoms with van der Waals surface area (Å²) in [6, 6.07) is 8.77. The fourth-order valence-corrected chi connectivity index (χ4v) is 2.46. The lowest BCUT2D eigenvalue weighted by molar-refractivity contribution is -0.137. The van der Waals surface area contributed by atoms with Crippen molar-refractivity contribution in [1.82, 2.24) is 9.80 Å². The van der Waals surface area contributed by atoms with Gasteiger partial charge in [0.15, 0.2) is 0 Å². The Morgan fingerprint density at radius 2 is 1.84 bits per heavy atom. The Hall–Kier alpha value is -2.28. The lowest BCUT2D eigenvalue weighted by Crippen LogP contribution is -2.36. The molecule has 7 heteroatoms. The van der Waals surface area contributed by atoms with Gasteiger partial charge in [-0.3, -0.25) is 9.69 Å². The van der Waals surface area contributed by atoms with E-state index in [1.54, 1.807) is 25.1 Å². The zero-order valence-corrected chi connectivity index (χ0v) is 14.4. The first-order valence-electron chi connectivity index (χ1n) is 7.79. The second-order valence-electron chi connectivity index (χ2n) is 6.13. The molecule has 1 heterocycles. The molecule has 0 unspecified atom stereocenters. The smallest absolute Gasteiger partial charge is 0.416 e. The number of carbonyl (C=O) groups excluding carboxylic acids is 1. The van der Waals surface area contributed by atoms with E-state index in [4.69, 9.17) is 4.42 Å². The number of furan rings is 1. The third-order valence-corrected chi connectivity index (χ3v) is 3.73. The van der Waals surface area contributed by atoms with E-state index in [0.29, 0.717) is 17.9 Å². The van der Waals surface area contributed by atoms with Gasteiger partial charge in [-0.15, -0.1) is 0 Å². The summed E-state index contributed by atoms with van der Waals surface area (Å²) in [5.41, 5.74) is -0.176. The van der Waals surface area contributed by atoms with Gasteiger partial charge in [0.25, 0.3) is 0 Å². The van der Waals surface area contributed by atoms with E-state index in [-0.39, 0.29) is 19.0 Å². The van der Waals surface area contributed by atoms with Gasteiger partial charge in [0.2, 0.25) is 5.91 Å². The molecule has 4 nitrogen and oxygen atoms in total. The Labute approximate surface area is 144 Å². The molecule has 25 heavy (non-hydrogen) atoms. The van der Waals surface area contributed by atoms with E-state index in [9.17, 15) is 18.0 Å². The zero-order chi connectivity index (χ0) is 18.6. The first kappa shape index (κ1) is 19.1. The Bertz CT molecular complexity index is 725. The van der Waals surface area contributed by atoms with Crippen LogP contribution in [0.4, 0.5) is 13.2 Å². The van der Waals surface area contributed by atoms with Crippen LogP contribution in [0.15, 0.2) is 40.8 Å². The molecule has 0 N–H and O–H groups in total. The van der Waals surface area contributed by atoms with Crippen LogP contribution in [-0.4, -0.2) is 36.3 Å². The summed E-state index contributed by atoms with van der Waals surface area (Å²) >= 11 is 0. The number of aryl methyl sites for hydroxylation is 1. The summed E-state index contributed by atoms with van der Waals surface area (Å²) in [4.78, 5) is 15.5. The van der Waals surface area contributed by atoms with Crippen molar-refractivity contribution in [2.75, 3.05) is 20.6 Å². The van der Waals surface area contributed by atoms with Crippen LogP contribution in [0.3, 0.4) is 0 Å². The fourth-order valence-electron chi connectivity index (χ4n) is 2.46. The van der Waals surface area contributed by atoms with E-state index in [1.165, 1.54) is 11.0 Å². The summed E-state index contributed by atoms with van der Waals surface area (Å²) in [6.07, 6.45) is -4.37. The maximum atomic E-state index is 12.7. The maximum absolute atomic E-state index is 12.7. The predicted molar refractivity (Wildman–Crippen MR) is 87.7 cm³/mol. The Morgan fingerprint density at radius 1 is 1.12 bits per heavy atom. The SMILES string of the molecule is Cc1ccc(CN(C)C(=O)CN(C)Cc2cccc(C(F)(F)F)c2)o1. The van der Waals surface area contributed by atoms with Crippen LogP contribution in [-0.2, 0) is 24.1 Å². The molecule has 0 fully saturated rings. The van der Waals surface area contributed by atoms with Crippen molar-refractivity contribution in [1.29, 1.82) is 0 Å². The molecule has 0 saturated heterocycles. The normalized spacial score (nSPS) is 11.8. The van der Waals surface area contributed by atoms with Gasteiger partial charge in [0.1, 0.15) is 11.5 Å². The van der Waals surface area contributed by atoms with Crippen LogP contribution in [0.1, 0.15) is 22.6 Å². The van der Waals surface area contributed by atoms with Gasteiger partial charge in [0.05, 0.1) is 18.7 Å². The minimum Gasteiger partial charge on any atom is -0.464 e. The van der Waals surface area contributed by atoms with E-state index in [1.807, 2.05) is 19.1 Å². The van der Waals surface area contributed by atoms with Crippen molar-refractivity contribution in [3.8, 4) is 0 Å². The summed E-state index contributed by atoms with van der Waals surface area (Å²) in [7, 11) is 3.36. The third-order valence-electron chi connectivity index (χ3n) is 3.73. The molecule has 0 aliphatic rings. The highest BCUT2D eigenvalue weighted by atomic mass is 19.4. The van der Waals surface area contributed by atoms with Gasteiger partial charge in [0, 0.05) is 13.6 Å². The van der Waals surface area contributed by atoms with E-state index in [2.05, 4.69) is 0 Å². The molecule has 1 aromatic carbocycles. The molecule has 0 atom stereocenters. The topological polar surface area (TPSA) is 36.7 Å². The molecule has 1 amide bonds. The number of nitrogens with zero attached hydrogens (tertiary/aromatic N) is 2. The van der Waals surface area contributed by atoms with Crippen LogP contribution in [0.5, 0.6) is 0 Å². The average Bonchev–Trinajstić information content (AvgIpc) is 2.91. The van der Waals surface area contributed by atoms with Gasteiger partial charge in [-0.05, 0) is 37.7 Å². The molecule has 0 spiro atoms. The van der Waals surface area contributed by atoms with Crippen molar-refractivity contribution in [3.05, 3.63) is 59.0 Å². The first-order valence-corrected chi connectivity index (χ1v) is 7.79. The van der Waals surface area contributed by atoms with Crippen molar-refractivity contribution in [3.63, 3.8) is 0 Å². The van der Waals surface area contributed by atoms with Crippen molar-refractivity contribution < 1.29 is 22.4 Å². The Morgan fingerprint density at radius 3 is 2.44 bits per heavy atom. The summed E-state index contributed by atoms with van der Waals surface area (Å²) in [6.45, 7) is 2.54. The van der Waals surface area contributed by atoms with Gasteiger partial charge in [-0.25, -0.2) is 0 Å². The fraction of sp³-hybridized carbons (Fsp3) is 0.389. The Balaban J connectivity index is 1.91. The van der Waals surface area contributed by atoms with Crippen molar-refractivity contribution in [2.24, 2.45) is 0 Å². The largest absolute Gasteiger partial charge is 0.464 e. The minimum absolute atomic E-state index is 0.104. The molecular formula is C18H21F3N2O2. The lowest BCUT2D eigenvalue weighted by Gasteiger charge is -2.21. The number of carbonyl (C=O) groups is 1. The second-order valence-corrected chi connectivity index (χ2v) is 6.13. The quantitative estimate of drug-likeness (QED) is 0.794. The number of halogens is 3. The summed E-state index contributed by atoms with van der Waals surface area (Å²) in [5, 5.41) is 0. The molecule has 0 saturated carbocycles. The summed E-state index contributed by atoms with van der Waals surface area (Å²) < 4.78 is 43.7. The monoisotopic (exact) mass is 354 g/mol. The second kappa shape index (κ2) is 7.74. The highest BCUT2D eigenvalue weighted by molar-refractivity contribution is 5.77. The molecule has 0 bridgehead atoms. The van der Waals surface area contributed by atoms with Crippen LogP contribution in [0.2, 0.25) is 0 Å². The molecule has 2 aromatic rings. The third kappa shape index (κ3) is 5.63. The van der Waals surface area contributed by atoms with Crippen LogP contribution < -0.4 is 0 Å². The molecule has 0 radical (unpaired) electrons. The van der Waals surface area contributed by atoms with Gasteiger partial charge < -0.3 is 9.32 Å². The number of likely N-dealkylation sites (N-methyl/N-ethyl adjacent to an activating group) is 2. The van der Waals surface area contributed by atoms with Crippen molar-refractivity contribution in [2.45, 2.75) is 26.2 Å². The van der Waals surface area contributed by atoms with Gasteiger partial charge in [-0.2, -0.15) is 13.2 Å². The number of alkyl halides is 3. The minimum atomic E-state index is -4.37. The molecule has 136 valence electrons. The highest BCUT2D eigenvalue weighted by Gasteiger charge is 2.30. The van der Waals surface area contributed by atoms with Gasteiger partial charge in [-0.1, -0.05) is 18.2 Å². The van der Waals surface area contributed by atoms with E-state index in [0.717, 1.165) is 17.9 Å². The molecular weight excluding hydrogens is 333 g/mol. The average molecular weight is 354 g/mol. The molecule has 0 aliphatic carbocycles. The Kier molecular flexibility index (Phi) is 5.89. The molecule has 2 rings (SSSR count). The number of benzene rings is 1. The number of hydrogen-bond acceptors (Lipinski definition) is 3. The van der Waals surface area contributed by atoms with E-state index >= 15 is 0 Å². The van der Waals surface area contributed by atoms with Crippen molar-refractivity contribution >= 4 is 5.91 Å². The number of hydrogen-bond donors (Lipinski definition) is 0. The molecule has 0 aliphatic heterocycles. The number of amides is 1. The predicted octanol–water partition coefficient (Wildman–Crippen LogP) is 3.70. The lowest BCUT2D eigenvalue weighted by atomic mass is 10.1.